The number of ether oxygens (including phenoxy) is 2. The molecular formula is C37H40N4O5. The number of rotatable bonds is 11. The van der Waals surface area contributed by atoms with Crippen LogP contribution in [0.3, 0.4) is 0 Å². The molecule has 46 heavy (non-hydrogen) atoms. The van der Waals surface area contributed by atoms with Crippen LogP contribution in [0.4, 0.5) is 4.79 Å². The van der Waals surface area contributed by atoms with Gasteiger partial charge in [0.05, 0.1) is 18.1 Å². The molecule has 5 rings (SSSR count). The maximum atomic E-state index is 13.6. The minimum absolute atomic E-state index is 0.0912. The van der Waals surface area contributed by atoms with E-state index in [-0.39, 0.29) is 25.0 Å². The molecule has 9 heteroatoms. The predicted molar refractivity (Wildman–Crippen MR) is 175 cm³/mol. The Morgan fingerprint density at radius 1 is 0.957 bits per heavy atom. The molecule has 0 bridgehead atoms. The predicted octanol–water partition coefficient (Wildman–Crippen LogP) is 5.78. The number of aromatic nitrogens is 2. The van der Waals surface area contributed by atoms with Gasteiger partial charge in [0.2, 0.25) is 0 Å². The minimum Gasteiger partial charge on any atom is -0.464 e. The van der Waals surface area contributed by atoms with Gasteiger partial charge in [0.1, 0.15) is 12.1 Å². The highest BCUT2D eigenvalue weighted by Crippen LogP contribution is 2.40. The Morgan fingerprint density at radius 3 is 2.04 bits per heavy atom. The molecule has 9 nitrogen and oxygen atoms in total. The molecule has 238 valence electrons. The van der Waals surface area contributed by atoms with E-state index >= 15 is 0 Å². The summed E-state index contributed by atoms with van der Waals surface area (Å²) < 4.78 is 12.6. The molecule has 1 aliphatic heterocycles. The first kappa shape index (κ1) is 32.2. The molecule has 3 atom stereocenters. The van der Waals surface area contributed by atoms with Crippen molar-refractivity contribution in [1.29, 1.82) is 0 Å². The Hall–Kier alpha value is -5.18. The monoisotopic (exact) mass is 620 g/mol. The number of likely N-dealkylation sites (tertiary alicyclic amines) is 1. The van der Waals surface area contributed by atoms with Crippen LogP contribution in [0.25, 0.3) is 6.08 Å². The molecule has 0 radical (unpaired) electrons. The lowest BCUT2D eigenvalue weighted by atomic mass is 9.77. The first-order valence-electron chi connectivity index (χ1n) is 15.6. The maximum absolute atomic E-state index is 13.6. The number of benzene rings is 3. The highest BCUT2D eigenvalue weighted by Gasteiger charge is 2.38. The van der Waals surface area contributed by atoms with Crippen LogP contribution in [0, 0.1) is 5.92 Å². The van der Waals surface area contributed by atoms with Crippen LogP contribution < -0.4 is 5.73 Å². The summed E-state index contributed by atoms with van der Waals surface area (Å²) in [4.78, 5) is 43.3. The van der Waals surface area contributed by atoms with Crippen molar-refractivity contribution in [3.05, 3.63) is 132 Å². The fourth-order valence-corrected chi connectivity index (χ4v) is 6.34. The third-order valence-electron chi connectivity index (χ3n) is 8.48. The van der Waals surface area contributed by atoms with Gasteiger partial charge < -0.3 is 24.7 Å². The molecule has 3 aromatic carbocycles. The zero-order valence-corrected chi connectivity index (χ0v) is 26.2. The van der Waals surface area contributed by atoms with E-state index in [0.717, 1.165) is 23.1 Å². The Morgan fingerprint density at radius 2 is 1.52 bits per heavy atom. The summed E-state index contributed by atoms with van der Waals surface area (Å²) in [6.07, 6.45) is 6.77. The number of primary amides is 1. The number of carbonyl (C=O) groups is 3. The van der Waals surface area contributed by atoms with Gasteiger partial charge in [-0.05, 0) is 41.5 Å². The topological polar surface area (TPSA) is 117 Å². The van der Waals surface area contributed by atoms with Gasteiger partial charge in [-0.25, -0.2) is 9.78 Å². The summed E-state index contributed by atoms with van der Waals surface area (Å²) in [5, 5.41) is 0. The van der Waals surface area contributed by atoms with E-state index in [1.807, 2.05) is 73.2 Å². The van der Waals surface area contributed by atoms with Crippen molar-refractivity contribution < 1.29 is 23.9 Å². The van der Waals surface area contributed by atoms with E-state index < -0.39 is 23.7 Å². The molecule has 1 saturated heterocycles. The first-order chi connectivity index (χ1) is 22.3. The average Bonchev–Trinajstić information content (AvgIpc) is 3.54. The first-order valence-corrected chi connectivity index (χ1v) is 15.6. The van der Waals surface area contributed by atoms with Crippen LogP contribution in [-0.2, 0) is 24.6 Å². The van der Waals surface area contributed by atoms with Crippen molar-refractivity contribution in [2.45, 2.75) is 50.8 Å². The lowest BCUT2D eigenvalue weighted by molar-refractivity contribution is -0.152. The average molecular weight is 621 g/mol. The number of carbonyl (C=O) groups excluding carboxylic acids is 3. The number of hydrogen-bond acceptors (Lipinski definition) is 6. The molecule has 0 aliphatic carbocycles. The molecule has 1 aromatic heterocycles. The van der Waals surface area contributed by atoms with Gasteiger partial charge in [-0.3, -0.25) is 9.59 Å². The summed E-state index contributed by atoms with van der Waals surface area (Å²) in [7, 11) is 0. The zero-order chi connectivity index (χ0) is 32.5. The van der Waals surface area contributed by atoms with Crippen LogP contribution in [0.1, 0.15) is 55.5 Å². The molecular weight excluding hydrogens is 580 g/mol. The van der Waals surface area contributed by atoms with E-state index in [4.69, 9.17) is 20.2 Å². The third kappa shape index (κ3) is 7.20. The van der Waals surface area contributed by atoms with Crippen molar-refractivity contribution in [1.82, 2.24) is 14.5 Å². The van der Waals surface area contributed by atoms with Crippen LogP contribution in [0.2, 0.25) is 0 Å². The standard InChI is InChI=1S/C37H40N4O5/c1-27-21-22-41(33(23-27)25-45-28(2)42)35(43)34(46-36(38)44)20-12-19-32-24-40(26-39-32)37(29-13-6-3-7-14-29,30-15-8-4-9-16-30)31-17-10-5-11-18-31/h3-19,24,26-27,33-34H,20-23,25H2,1-2H3,(H2,38,44)/b19-12+. The van der Waals surface area contributed by atoms with Gasteiger partial charge in [0.25, 0.3) is 5.91 Å². The Bertz CT molecular complexity index is 1540. The lowest BCUT2D eigenvalue weighted by Gasteiger charge is -2.39. The van der Waals surface area contributed by atoms with Gasteiger partial charge in [0, 0.05) is 26.1 Å². The highest BCUT2D eigenvalue weighted by atomic mass is 16.6. The second-order valence-corrected chi connectivity index (χ2v) is 11.7. The summed E-state index contributed by atoms with van der Waals surface area (Å²) >= 11 is 0. The second kappa shape index (κ2) is 14.7. The molecule has 0 spiro atoms. The second-order valence-electron chi connectivity index (χ2n) is 11.7. The largest absolute Gasteiger partial charge is 0.464 e. The summed E-state index contributed by atoms with van der Waals surface area (Å²) in [6, 6.07) is 30.6. The van der Waals surface area contributed by atoms with E-state index in [9.17, 15) is 14.4 Å². The van der Waals surface area contributed by atoms with Crippen LogP contribution >= 0.6 is 0 Å². The van der Waals surface area contributed by atoms with Gasteiger partial charge in [-0.1, -0.05) is 104 Å². The van der Waals surface area contributed by atoms with E-state index in [1.165, 1.54) is 6.92 Å². The van der Waals surface area contributed by atoms with Crippen molar-refractivity contribution in [2.24, 2.45) is 11.7 Å². The normalized spacial score (nSPS) is 17.4. The zero-order valence-electron chi connectivity index (χ0n) is 26.2. The number of hydrogen-bond donors (Lipinski definition) is 1. The summed E-state index contributed by atoms with van der Waals surface area (Å²) in [5.74, 6) is -0.409. The molecule has 1 fully saturated rings. The van der Waals surface area contributed by atoms with Crippen molar-refractivity contribution >= 4 is 24.0 Å². The fraction of sp³-hybridized carbons (Fsp3) is 0.297. The number of esters is 1. The van der Waals surface area contributed by atoms with Gasteiger partial charge in [0.15, 0.2) is 6.10 Å². The number of piperidine rings is 1. The van der Waals surface area contributed by atoms with Crippen molar-refractivity contribution in [3.63, 3.8) is 0 Å². The van der Waals surface area contributed by atoms with Gasteiger partial charge in [-0.15, -0.1) is 0 Å². The lowest BCUT2D eigenvalue weighted by Crippen LogP contribution is -2.52. The molecule has 1 aliphatic rings. The summed E-state index contributed by atoms with van der Waals surface area (Å²) in [5.41, 5.74) is 8.54. The Labute approximate surface area is 269 Å². The molecule has 4 aromatic rings. The van der Waals surface area contributed by atoms with Crippen molar-refractivity contribution in [2.75, 3.05) is 13.2 Å². The molecule has 2 amide bonds. The number of nitrogens with zero attached hydrogens (tertiary/aromatic N) is 3. The number of amides is 2. The van der Waals surface area contributed by atoms with E-state index in [2.05, 4.69) is 47.9 Å². The SMILES string of the molecule is CC(=O)OCC1CC(C)CCN1C(=O)C(C/C=C/c1cn(C(c2ccccc2)(c2ccccc2)c2ccccc2)cn1)OC(N)=O. The fourth-order valence-electron chi connectivity index (χ4n) is 6.34. The summed E-state index contributed by atoms with van der Waals surface area (Å²) in [6.45, 7) is 4.00. The third-order valence-corrected chi connectivity index (χ3v) is 8.48. The number of imidazole rings is 1. The van der Waals surface area contributed by atoms with Gasteiger partial charge in [-0.2, -0.15) is 0 Å². The van der Waals surface area contributed by atoms with E-state index in [1.54, 1.807) is 11.0 Å². The van der Waals surface area contributed by atoms with Crippen LogP contribution in [0.15, 0.2) is 110 Å². The molecule has 0 saturated carbocycles. The van der Waals surface area contributed by atoms with Gasteiger partial charge >= 0.3 is 12.1 Å². The van der Waals surface area contributed by atoms with E-state index in [0.29, 0.717) is 24.6 Å². The smallest absolute Gasteiger partial charge is 0.405 e. The molecule has 2 heterocycles. The van der Waals surface area contributed by atoms with Crippen LogP contribution in [0.5, 0.6) is 0 Å². The Balaban J connectivity index is 1.44. The highest BCUT2D eigenvalue weighted by molar-refractivity contribution is 5.84. The minimum atomic E-state index is -1.12. The molecule has 2 N–H and O–H groups in total. The molecule has 3 unspecified atom stereocenters. The van der Waals surface area contributed by atoms with Crippen molar-refractivity contribution in [3.8, 4) is 0 Å². The quantitative estimate of drug-likeness (QED) is 0.168. The van der Waals surface area contributed by atoms with Crippen LogP contribution in [-0.4, -0.2) is 57.7 Å². The number of nitrogens with two attached hydrogens (primary N) is 1. The Kier molecular flexibility index (Phi) is 10.3. The maximum Gasteiger partial charge on any atom is 0.405 e.